The van der Waals surface area contributed by atoms with Crippen molar-refractivity contribution in [1.29, 1.82) is 0 Å². The average Bonchev–Trinajstić information content (AvgIpc) is 2.62. The predicted molar refractivity (Wildman–Crippen MR) is 72.6 cm³/mol. The fourth-order valence-electron chi connectivity index (χ4n) is 1.97. The monoisotopic (exact) mass is 279 g/mol. The van der Waals surface area contributed by atoms with Gasteiger partial charge in [0.15, 0.2) is 5.78 Å². The van der Waals surface area contributed by atoms with Crippen molar-refractivity contribution in [2.24, 2.45) is 5.92 Å². The fourth-order valence-corrected chi connectivity index (χ4v) is 2.14. The van der Waals surface area contributed by atoms with Crippen molar-refractivity contribution in [3.05, 3.63) is 28.8 Å². The van der Waals surface area contributed by atoms with Gasteiger partial charge in [-0.05, 0) is 24.6 Å². The van der Waals surface area contributed by atoms with E-state index in [1.807, 2.05) is 13.8 Å². The third-order valence-corrected chi connectivity index (χ3v) is 3.64. The maximum Gasteiger partial charge on any atom is 0.299 e. The first-order valence-electron chi connectivity index (χ1n) is 6.14. The van der Waals surface area contributed by atoms with Crippen LogP contribution in [0, 0.1) is 5.92 Å². The highest BCUT2D eigenvalue weighted by Crippen LogP contribution is 2.31. The first kappa shape index (κ1) is 13.7. The normalized spacial score (nSPS) is 15.6. The molecule has 0 spiro atoms. The SMILES string of the molecule is CCC(C)C(=O)CN1C(=O)C(=O)c2cc(Cl)ccc21. The summed E-state index contributed by atoms with van der Waals surface area (Å²) < 4.78 is 0. The standard InChI is InChI=1S/C14H14ClNO3/c1-3-8(2)12(17)7-16-11-5-4-9(15)6-10(11)13(18)14(16)19/h4-6,8H,3,7H2,1-2H3. The molecule has 0 saturated heterocycles. The Morgan fingerprint density at radius 2 is 2.05 bits per heavy atom. The number of ketones is 2. The summed E-state index contributed by atoms with van der Waals surface area (Å²) in [6.07, 6.45) is 0.711. The third kappa shape index (κ3) is 2.40. The Balaban J connectivity index is 2.31. The van der Waals surface area contributed by atoms with Crippen molar-refractivity contribution in [2.75, 3.05) is 11.4 Å². The Morgan fingerprint density at radius 1 is 1.37 bits per heavy atom. The molecule has 2 rings (SSSR count). The lowest BCUT2D eigenvalue weighted by Gasteiger charge is -2.17. The van der Waals surface area contributed by atoms with E-state index in [0.29, 0.717) is 17.1 Å². The minimum Gasteiger partial charge on any atom is -0.297 e. The molecule has 4 nitrogen and oxygen atoms in total. The van der Waals surface area contributed by atoms with Gasteiger partial charge in [-0.2, -0.15) is 0 Å². The second-order valence-electron chi connectivity index (χ2n) is 4.66. The van der Waals surface area contributed by atoms with Gasteiger partial charge in [-0.15, -0.1) is 0 Å². The van der Waals surface area contributed by atoms with Crippen molar-refractivity contribution in [3.8, 4) is 0 Å². The van der Waals surface area contributed by atoms with E-state index in [9.17, 15) is 14.4 Å². The molecule has 0 radical (unpaired) electrons. The molecule has 100 valence electrons. The summed E-state index contributed by atoms with van der Waals surface area (Å²) in [5, 5.41) is 0.398. The minimum atomic E-state index is -0.658. The highest BCUT2D eigenvalue weighted by atomic mass is 35.5. The first-order valence-corrected chi connectivity index (χ1v) is 6.52. The smallest absolute Gasteiger partial charge is 0.297 e. The number of Topliss-reactive ketones (excluding diaryl/α,β-unsaturated/α-hetero) is 2. The molecular weight excluding hydrogens is 266 g/mol. The van der Waals surface area contributed by atoms with Crippen LogP contribution in [-0.2, 0) is 9.59 Å². The maximum absolute atomic E-state index is 11.9. The van der Waals surface area contributed by atoms with Crippen LogP contribution >= 0.6 is 11.6 Å². The summed E-state index contributed by atoms with van der Waals surface area (Å²) in [5.74, 6) is -1.44. The number of anilines is 1. The molecule has 1 aromatic carbocycles. The van der Waals surface area contributed by atoms with Crippen molar-refractivity contribution >= 4 is 34.8 Å². The van der Waals surface area contributed by atoms with Crippen LogP contribution in [0.3, 0.4) is 0 Å². The zero-order chi connectivity index (χ0) is 14.2. The molecular formula is C14H14ClNO3. The molecule has 1 unspecified atom stereocenters. The van der Waals surface area contributed by atoms with E-state index in [1.165, 1.54) is 11.0 Å². The van der Waals surface area contributed by atoms with Gasteiger partial charge in [0, 0.05) is 10.9 Å². The molecule has 0 fully saturated rings. The number of rotatable bonds is 4. The van der Waals surface area contributed by atoms with Gasteiger partial charge < -0.3 is 0 Å². The molecule has 1 atom stereocenters. The number of carbonyl (C=O) groups excluding carboxylic acids is 3. The molecule has 1 heterocycles. The fraction of sp³-hybridized carbons (Fsp3) is 0.357. The van der Waals surface area contributed by atoms with Crippen LogP contribution in [-0.4, -0.2) is 24.0 Å². The second-order valence-corrected chi connectivity index (χ2v) is 5.09. The predicted octanol–water partition coefficient (Wildman–Crippen LogP) is 2.48. The van der Waals surface area contributed by atoms with Gasteiger partial charge >= 0.3 is 0 Å². The van der Waals surface area contributed by atoms with Crippen LogP contribution in [0.2, 0.25) is 5.02 Å². The van der Waals surface area contributed by atoms with E-state index >= 15 is 0 Å². The maximum atomic E-state index is 11.9. The van der Waals surface area contributed by atoms with Crippen molar-refractivity contribution in [1.82, 2.24) is 0 Å². The highest BCUT2D eigenvalue weighted by molar-refractivity contribution is 6.53. The molecule has 1 aromatic rings. The Kier molecular flexibility index (Phi) is 3.71. The lowest BCUT2D eigenvalue weighted by molar-refractivity contribution is -0.123. The van der Waals surface area contributed by atoms with Crippen LogP contribution in [0.25, 0.3) is 0 Å². The van der Waals surface area contributed by atoms with Crippen LogP contribution in [0.5, 0.6) is 0 Å². The molecule has 0 N–H and O–H groups in total. The average molecular weight is 280 g/mol. The summed E-state index contributed by atoms with van der Waals surface area (Å²) in [6, 6.07) is 4.67. The number of hydrogen-bond acceptors (Lipinski definition) is 3. The van der Waals surface area contributed by atoms with Crippen molar-refractivity contribution < 1.29 is 14.4 Å². The Labute approximate surface area is 116 Å². The summed E-state index contributed by atoms with van der Waals surface area (Å²) >= 11 is 5.81. The number of fused-ring (bicyclic) bond motifs is 1. The quantitative estimate of drug-likeness (QED) is 0.796. The first-order chi connectivity index (χ1) is 8.95. The molecule has 1 aliphatic rings. The summed E-state index contributed by atoms with van der Waals surface area (Å²) in [5.41, 5.74) is 0.741. The van der Waals surface area contributed by atoms with Gasteiger partial charge in [0.25, 0.3) is 11.7 Å². The third-order valence-electron chi connectivity index (χ3n) is 3.41. The van der Waals surface area contributed by atoms with Gasteiger partial charge in [0.1, 0.15) is 0 Å². The highest BCUT2D eigenvalue weighted by Gasteiger charge is 2.37. The molecule has 1 amide bonds. The number of halogens is 1. The van der Waals surface area contributed by atoms with Gasteiger partial charge in [-0.3, -0.25) is 19.3 Å². The van der Waals surface area contributed by atoms with Gasteiger partial charge in [0.2, 0.25) is 0 Å². The molecule has 19 heavy (non-hydrogen) atoms. The number of nitrogens with zero attached hydrogens (tertiary/aromatic N) is 1. The Hall–Kier alpha value is -1.68. The van der Waals surface area contributed by atoms with E-state index in [0.717, 1.165) is 0 Å². The molecule has 0 saturated carbocycles. The Bertz CT molecular complexity index is 568. The number of hydrogen-bond donors (Lipinski definition) is 0. The molecule has 0 aliphatic carbocycles. The molecule has 0 bridgehead atoms. The number of carbonyl (C=O) groups is 3. The number of benzene rings is 1. The summed E-state index contributed by atoms with van der Waals surface area (Å²) in [4.78, 5) is 36.9. The topological polar surface area (TPSA) is 54.5 Å². The van der Waals surface area contributed by atoms with Crippen molar-refractivity contribution in [2.45, 2.75) is 20.3 Å². The Morgan fingerprint density at radius 3 is 2.68 bits per heavy atom. The van der Waals surface area contributed by atoms with E-state index in [4.69, 9.17) is 11.6 Å². The van der Waals surface area contributed by atoms with E-state index < -0.39 is 11.7 Å². The van der Waals surface area contributed by atoms with E-state index in [-0.39, 0.29) is 23.8 Å². The van der Waals surface area contributed by atoms with Gasteiger partial charge in [0.05, 0.1) is 17.8 Å². The van der Waals surface area contributed by atoms with Crippen LogP contribution in [0.4, 0.5) is 5.69 Å². The van der Waals surface area contributed by atoms with E-state index in [1.54, 1.807) is 12.1 Å². The van der Waals surface area contributed by atoms with Gasteiger partial charge in [-0.25, -0.2) is 0 Å². The summed E-state index contributed by atoms with van der Waals surface area (Å²) in [7, 11) is 0. The largest absolute Gasteiger partial charge is 0.299 e. The van der Waals surface area contributed by atoms with Crippen LogP contribution in [0.1, 0.15) is 30.6 Å². The van der Waals surface area contributed by atoms with Crippen molar-refractivity contribution in [3.63, 3.8) is 0 Å². The van der Waals surface area contributed by atoms with Crippen LogP contribution < -0.4 is 4.90 Å². The van der Waals surface area contributed by atoms with Gasteiger partial charge in [-0.1, -0.05) is 25.4 Å². The zero-order valence-corrected chi connectivity index (χ0v) is 11.5. The minimum absolute atomic E-state index is 0.0496. The number of amides is 1. The molecule has 1 aliphatic heterocycles. The summed E-state index contributed by atoms with van der Waals surface area (Å²) in [6.45, 7) is 3.66. The molecule has 0 aromatic heterocycles. The van der Waals surface area contributed by atoms with Crippen LogP contribution in [0.15, 0.2) is 18.2 Å². The second kappa shape index (κ2) is 5.13. The lowest BCUT2D eigenvalue weighted by atomic mass is 10.0. The molecule has 5 heteroatoms. The lowest BCUT2D eigenvalue weighted by Crippen LogP contribution is -2.36. The zero-order valence-electron chi connectivity index (χ0n) is 10.8. The van der Waals surface area contributed by atoms with E-state index in [2.05, 4.69) is 0 Å².